The number of ether oxygens (including phenoxy) is 2. The lowest BCUT2D eigenvalue weighted by Gasteiger charge is -2.35. The van der Waals surface area contributed by atoms with Gasteiger partial charge in [-0.2, -0.15) is 0 Å². The molecule has 1 aliphatic rings. The average Bonchev–Trinajstić information content (AvgIpc) is 2.61. The van der Waals surface area contributed by atoms with Gasteiger partial charge in [0, 0.05) is 20.1 Å². The molecule has 1 fully saturated rings. The summed E-state index contributed by atoms with van der Waals surface area (Å²) in [5.74, 6) is 0.707. The molecular weight excluding hydrogens is 344 g/mol. The number of aryl methyl sites for hydroxylation is 1. The summed E-state index contributed by atoms with van der Waals surface area (Å²) < 4.78 is 11.2. The van der Waals surface area contributed by atoms with Gasteiger partial charge < -0.3 is 19.3 Å². The van der Waals surface area contributed by atoms with E-state index in [1.165, 1.54) is 0 Å². The SMILES string of the molecule is Cc1ccccc1OCCN(C)C(=O)C1CCCN(C(=O)OC(C)(C)C)C1. The molecule has 0 N–H and O–H groups in total. The molecule has 2 rings (SSSR count). The van der Waals surface area contributed by atoms with Gasteiger partial charge in [-0.1, -0.05) is 18.2 Å². The van der Waals surface area contributed by atoms with Crippen LogP contribution in [0.3, 0.4) is 0 Å². The van der Waals surface area contributed by atoms with Crippen LogP contribution in [0.4, 0.5) is 4.79 Å². The first kappa shape index (κ1) is 21.1. The smallest absolute Gasteiger partial charge is 0.410 e. The molecular formula is C21H32N2O4. The predicted octanol–water partition coefficient (Wildman–Crippen LogP) is 3.48. The van der Waals surface area contributed by atoms with Crippen molar-refractivity contribution >= 4 is 12.0 Å². The zero-order valence-electron chi connectivity index (χ0n) is 17.2. The summed E-state index contributed by atoms with van der Waals surface area (Å²) in [6, 6.07) is 7.83. The fraction of sp³-hybridized carbons (Fsp3) is 0.619. The van der Waals surface area contributed by atoms with E-state index >= 15 is 0 Å². The Morgan fingerprint density at radius 1 is 1.26 bits per heavy atom. The maximum Gasteiger partial charge on any atom is 0.410 e. The molecule has 0 radical (unpaired) electrons. The number of amides is 2. The summed E-state index contributed by atoms with van der Waals surface area (Å²) in [7, 11) is 1.79. The lowest BCUT2D eigenvalue weighted by atomic mass is 9.97. The van der Waals surface area contributed by atoms with Gasteiger partial charge in [-0.25, -0.2) is 4.79 Å². The summed E-state index contributed by atoms with van der Waals surface area (Å²) in [5.41, 5.74) is 0.546. The molecule has 6 heteroatoms. The second-order valence-corrected chi connectivity index (χ2v) is 8.14. The summed E-state index contributed by atoms with van der Waals surface area (Å²) >= 11 is 0. The highest BCUT2D eigenvalue weighted by Gasteiger charge is 2.32. The summed E-state index contributed by atoms with van der Waals surface area (Å²) in [5, 5.41) is 0. The van der Waals surface area contributed by atoms with Crippen molar-refractivity contribution in [2.24, 2.45) is 5.92 Å². The first-order valence-corrected chi connectivity index (χ1v) is 9.58. The fourth-order valence-corrected chi connectivity index (χ4v) is 3.10. The normalized spacial score (nSPS) is 17.4. The molecule has 1 aromatic rings. The van der Waals surface area contributed by atoms with Crippen molar-refractivity contribution in [1.29, 1.82) is 0 Å². The minimum absolute atomic E-state index is 0.0524. The molecule has 1 heterocycles. The van der Waals surface area contributed by atoms with Crippen molar-refractivity contribution in [3.8, 4) is 5.75 Å². The third-order valence-corrected chi connectivity index (χ3v) is 4.58. The van der Waals surface area contributed by atoms with E-state index < -0.39 is 5.60 Å². The zero-order chi connectivity index (χ0) is 20.0. The van der Waals surface area contributed by atoms with Crippen molar-refractivity contribution in [2.45, 2.75) is 46.1 Å². The third-order valence-electron chi connectivity index (χ3n) is 4.58. The van der Waals surface area contributed by atoms with Crippen molar-refractivity contribution in [3.63, 3.8) is 0 Å². The van der Waals surface area contributed by atoms with Gasteiger partial charge in [0.25, 0.3) is 0 Å². The Labute approximate surface area is 162 Å². The second kappa shape index (κ2) is 9.11. The van der Waals surface area contributed by atoms with Crippen LogP contribution in [-0.4, -0.2) is 60.7 Å². The topological polar surface area (TPSA) is 59.1 Å². The quantitative estimate of drug-likeness (QED) is 0.789. The molecule has 6 nitrogen and oxygen atoms in total. The van der Waals surface area contributed by atoms with E-state index in [1.807, 2.05) is 52.0 Å². The van der Waals surface area contributed by atoms with Crippen LogP contribution in [0.25, 0.3) is 0 Å². The van der Waals surface area contributed by atoms with Crippen molar-refractivity contribution < 1.29 is 19.1 Å². The number of rotatable bonds is 5. The largest absolute Gasteiger partial charge is 0.491 e. The van der Waals surface area contributed by atoms with Gasteiger partial charge >= 0.3 is 6.09 Å². The Balaban J connectivity index is 1.83. The Hall–Kier alpha value is -2.24. The number of nitrogens with zero attached hydrogens (tertiary/aromatic N) is 2. The minimum Gasteiger partial charge on any atom is -0.491 e. The molecule has 0 spiro atoms. The van der Waals surface area contributed by atoms with Crippen LogP contribution in [0.2, 0.25) is 0 Å². The number of likely N-dealkylation sites (tertiary alicyclic amines) is 1. The molecule has 0 bridgehead atoms. The van der Waals surface area contributed by atoms with Crippen LogP contribution in [0, 0.1) is 12.8 Å². The molecule has 27 heavy (non-hydrogen) atoms. The van der Waals surface area contributed by atoms with Gasteiger partial charge in [-0.05, 0) is 52.2 Å². The van der Waals surface area contributed by atoms with Gasteiger partial charge in [-0.3, -0.25) is 4.79 Å². The van der Waals surface area contributed by atoms with Crippen LogP contribution < -0.4 is 4.74 Å². The number of carbonyl (C=O) groups is 2. The Bertz CT molecular complexity index is 654. The lowest BCUT2D eigenvalue weighted by molar-refractivity contribution is -0.136. The van der Waals surface area contributed by atoms with Crippen LogP contribution in [0.1, 0.15) is 39.2 Å². The molecule has 1 unspecified atom stereocenters. The van der Waals surface area contributed by atoms with E-state index in [1.54, 1.807) is 16.8 Å². The van der Waals surface area contributed by atoms with Gasteiger partial charge in [-0.15, -0.1) is 0 Å². The molecule has 1 saturated heterocycles. The highest BCUT2D eigenvalue weighted by atomic mass is 16.6. The monoisotopic (exact) mass is 376 g/mol. The molecule has 1 aliphatic heterocycles. The van der Waals surface area contributed by atoms with Gasteiger partial charge in [0.05, 0.1) is 12.5 Å². The van der Waals surface area contributed by atoms with E-state index in [0.717, 1.165) is 24.2 Å². The summed E-state index contributed by atoms with van der Waals surface area (Å²) in [4.78, 5) is 28.4. The van der Waals surface area contributed by atoms with E-state index in [9.17, 15) is 9.59 Å². The molecule has 1 aromatic carbocycles. The highest BCUT2D eigenvalue weighted by molar-refractivity contribution is 5.80. The van der Waals surface area contributed by atoms with Crippen molar-refractivity contribution in [2.75, 3.05) is 33.3 Å². The fourth-order valence-electron chi connectivity index (χ4n) is 3.10. The molecule has 0 saturated carbocycles. The zero-order valence-corrected chi connectivity index (χ0v) is 17.2. The average molecular weight is 376 g/mol. The molecule has 1 atom stereocenters. The Kier molecular flexibility index (Phi) is 7.11. The molecule has 150 valence electrons. The number of likely N-dealkylation sites (N-methyl/N-ethyl adjacent to an activating group) is 1. The number of benzene rings is 1. The number of para-hydroxylation sites is 1. The van der Waals surface area contributed by atoms with Crippen LogP contribution >= 0.6 is 0 Å². The Morgan fingerprint density at radius 3 is 2.63 bits per heavy atom. The predicted molar refractivity (Wildman–Crippen MR) is 105 cm³/mol. The number of piperidine rings is 1. The Morgan fingerprint density at radius 2 is 1.96 bits per heavy atom. The maximum atomic E-state index is 12.8. The summed E-state index contributed by atoms with van der Waals surface area (Å²) in [6.07, 6.45) is 1.26. The van der Waals surface area contributed by atoms with E-state index in [0.29, 0.717) is 26.2 Å². The van der Waals surface area contributed by atoms with Crippen molar-refractivity contribution in [1.82, 2.24) is 9.80 Å². The van der Waals surface area contributed by atoms with Gasteiger partial charge in [0.2, 0.25) is 5.91 Å². The molecule has 0 aromatic heterocycles. The van der Waals surface area contributed by atoms with Crippen LogP contribution in [0.5, 0.6) is 5.75 Å². The number of hydrogen-bond donors (Lipinski definition) is 0. The van der Waals surface area contributed by atoms with E-state index in [-0.39, 0.29) is 17.9 Å². The van der Waals surface area contributed by atoms with Crippen LogP contribution in [0.15, 0.2) is 24.3 Å². The highest BCUT2D eigenvalue weighted by Crippen LogP contribution is 2.21. The maximum absolute atomic E-state index is 12.8. The van der Waals surface area contributed by atoms with E-state index in [2.05, 4.69) is 0 Å². The first-order chi connectivity index (χ1) is 12.7. The lowest BCUT2D eigenvalue weighted by Crippen LogP contribution is -2.47. The van der Waals surface area contributed by atoms with E-state index in [4.69, 9.17) is 9.47 Å². The van der Waals surface area contributed by atoms with Gasteiger partial charge in [0.15, 0.2) is 0 Å². The third kappa shape index (κ3) is 6.45. The van der Waals surface area contributed by atoms with Gasteiger partial charge in [0.1, 0.15) is 18.0 Å². The second-order valence-electron chi connectivity index (χ2n) is 8.14. The first-order valence-electron chi connectivity index (χ1n) is 9.58. The minimum atomic E-state index is -0.530. The van der Waals surface area contributed by atoms with Crippen LogP contribution in [-0.2, 0) is 9.53 Å². The molecule has 0 aliphatic carbocycles. The summed E-state index contributed by atoms with van der Waals surface area (Å²) in [6.45, 7) is 9.54. The standard InChI is InChI=1S/C21H32N2O4/c1-16-9-6-7-11-18(16)26-14-13-22(5)19(24)17-10-8-12-23(15-17)20(25)27-21(2,3)4/h6-7,9,11,17H,8,10,12-15H2,1-5H3. The number of carbonyl (C=O) groups excluding carboxylic acids is 2. The number of hydrogen-bond acceptors (Lipinski definition) is 4. The molecule has 2 amide bonds. The van der Waals surface area contributed by atoms with Crippen molar-refractivity contribution in [3.05, 3.63) is 29.8 Å².